The van der Waals surface area contributed by atoms with Gasteiger partial charge in [0, 0.05) is 31.0 Å². The van der Waals surface area contributed by atoms with Crippen LogP contribution < -0.4 is 5.73 Å². The number of hydrogen-bond acceptors (Lipinski definition) is 4. The molecule has 4 rings (SSSR count). The third-order valence-corrected chi connectivity index (χ3v) is 5.40. The lowest BCUT2D eigenvalue weighted by Crippen LogP contribution is -2.37. The van der Waals surface area contributed by atoms with Crippen molar-refractivity contribution in [2.75, 3.05) is 13.6 Å². The molecular weight excluding hydrogens is 380 g/mol. The molecule has 2 aromatic carbocycles. The largest absolute Gasteiger partial charge is 0.369 e. The van der Waals surface area contributed by atoms with Gasteiger partial charge >= 0.3 is 0 Å². The fourth-order valence-electron chi connectivity index (χ4n) is 3.62. The molecule has 7 heteroatoms. The number of primary amides is 1. The van der Waals surface area contributed by atoms with Crippen molar-refractivity contribution in [1.82, 2.24) is 14.7 Å². The maximum absolute atomic E-state index is 12.1. The van der Waals surface area contributed by atoms with Gasteiger partial charge in [0.05, 0.1) is 11.2 Å². The van der Waals surface area contributed by atoms with E-state index in [-0.39, 0.29) is 18.0 Å². The van der Waals surface area contributed by atoms with Gasteiger partial charge in [-0.25, -0.2) is 4.68 Å². The van der Waals surface area contributed by atoms with Gasteiger partial charge in [0.15, 0.2) is 5.69 Å². The number of amides is 2. The van der Waals surface area contributed by atoms with E-state index >= 15 is 0 Å². The number of nitrogens with two attached hydrogens (primary N) is 1. The van der Waals surface area contributed by atoms with Crippen LogP contribution in [0.1, 0.15) is 35.0 Å². The third kappa shape index (κ3) is 3.31. The normalized spacial score (nSPS) is 18.5. The van der Waals surface area contributed by atoms with Crippen molar-refractivity contribution in [2.24, 2.45) is 5.73 Å². The molecule has 0 aliphatic carbocycles. The number of fused-ring (bicyclic) bond motifs is 1. The fourth-order valence-corrected chi connectivity index (χ4v) is 3.62. The molecule has 2 heterocycles. The molecule has 1 atom stereocenters. The summed E-state index contributed by atoms with van der Waals surface area (Å²) in [5.41, 5.74) is 7.28. The molecule has 0 unspecified atom stereocenters. The number of carbonyl (C=O) groups is 2. The van der Waals surface area contributed by atoms with Crippen molar-refractivity contribution >= 4 is 22.7 Å². The average Bonchev–Trinajstić information content (AvgIpc) is 3.26. The van der Waals surface area contributed by atoms with Gasteiger partial charge in [-0.05, 0) is 42.3 Å². The van der Waals surface area contributed by atoms with E-state index in [1.54, 1.807) is 23.9 Å². The second kappa shape index (κ2) is 7.32. The summed E-state index contributed by atoms with van der Waals surface area (Å²) in [6.07, 6.45) is 1.11. The van der Waals surface area contributed by atoms with Crippen LogP contribution in [-0.4, -0.2) is 50.8 Å². The SMILES string of the molecule is CCc1ccc2c(c1)c(C(N)=O)nn2-c1cccc(C#C[C@]2(O)CCN(C)C2=O)c1. The van der Waals surface area contributed by atoms with Crippen molar-refractivity contribution in [3.05, 3.63) is 59.3 Å². The van der Waals surface area contributed by atoms with E-state index in [1.807, 2.05) is 37.3 Å². The van der Waals surface area contributed by atoms with Gasteiger partial charge in [-0.3, -0.25) is 9.59 Å². The summed E-state index contributed by atoms with van der Waals surface area (Å²) in [5.74, 6) is 4.65. The number of likely N-dealkylation sites (tertiary alicyclic amines) is 1. The number of likely N-dealkylation sites (N-methyl/N-ethyl adjacent to an activating group) is 1. The van der Waals surface area contributed by atoms with Crippen LogP contribution in [0.2, 0.25) is 0 Å². The number of rotatable bonds is 3. The molecular formula is C23H22N4O3. The zero-order chi connectivity index (χ0) is 21.5. The van der Waals surface area contributed by atoms with Crippen molar-refractivity contribution in [3.63, 3.8) is 0 Å². The van der Waals surface area contributed by atoms with Crippen LogP contribution in [0, 0.1) is 11.8 Å². The average molecular weight is 402 g/mol. The monoisotopic (exact) mass is 402 g/mol. The first-order chi connectivity index (χ1) is 14.3. The van der Waals surface area contributed by atoms with Crippen molar-refractivity contribution in [2.45, 2.75) is 25.4 Å². The Balaban J connectivity index is 1.77. The van der Waals surface area contributed by atoms with Crippen LogP contribution in [0.4, 0.5) is 0 Å². The van der Waals surface area contributed by atoms with E-state index in [0.29, 0.717) is 23.2 Å². The lowest BCUT2D eigenvalue weighted by molar-refractivity contribution is -0.137. The first-order valence-electron chi connectivity index (χ1n) is 9.75. The minimum Gasteiger partial charge on any atom is -0.369 e. The number of aromatic nitrogens is 2. The summed E-state index contributed by atoms with van der Waals surface area (Å²) in [4.78, 5) is 25.5. The minimum absolute atomic E-state index is 0.214. The highest BCUT2D eigenvalue weighted by Crippen LogP contribution is 2.25. The Hall–Kier alpha value is -3.63. The van der Waals surface area contributed by atoms with Crippen molar-refractivity contribution in [1.29, 1.82) is 0 Å². The van der Waals surface area contributed by atoms with E-state index in [1.165, 1.54) is 4.90 Å². The van der Waals surface area contributed by atoms with E-state index in [0.717, 1.165) is 17.5 Å². The number of hydrogen-bond donors (Lipinski definition) is 2. The lowest BCUT2D eigenvalue weighted by atomic mass is 10.0. The van der Waals surface area contributed by atoms with E-state index < -0.39 is 11.5 Å². The Morgan fingerprint density at radius 2 is 2.10 bits per heavy atom. The molecule has 2 amide bonds. The van der Waals surface area contributed by atoms with Gasteiger partial charge in [-0.15, -0.1) is 0 Å². The molecule has 1 aromatic heterocycles. The molecule has 30 heavy (non-hydrogen) atoms. The van der Waals surface area contributed by atoms with Crippen molar-refractivity contribution < 1.29 is 14.7 Å². The standard InChI is InChI=1S/C23H22N4O3/c1-3-15-7-8-19-18(14-15)20(21(24)28)25-27(19)17-6-4-5-16(13-17)9-10-23(30)11-12-26(2)22(23)29/h4-8,13-14,30H,3,11-12H2,1-2H3,(H2,24,28)/t23-/m0/s1. The summed E-state index contributed by atoms with van der Waals surface area (Å²) in [5, 5.41) is 15.6. The number of carbonyl (C=O) groups excluding carboxylic acids is 2. The number of nitrogens with zero attached hydrogens (tertiary/aromatic N) is 3. The zero-order valence-corrected chi connectivity index (χ0v) is 16.8. The van der Waals surface area contributed by atoms with Crippen LogP contribution in [0.15, 0.2) is 42.5 Å². The Bertz CT molecular complexity index is 1230. The molecule has 0 bridgehead atoms. The summed E-state index contributed by atoms with van der Waals surface area (Å²) < 4.78 is 1.66. The Labute approximate surface area is 174 Å². The van der Waals surface area contributed by atoms with Gasteiger partial charge in [0.25, 0.3) is 11.8 Å². The van der Waals surface area contributed by atoms with E-state index in [9.17, 15) is 14.7 Å². The Morgan fingerprint density at radius 3 is 2.77 bits per heavy atom. The molecule has 3 aromatic rings. The maximum Gasteiger partial charge on any atom is 0.269 e. The van der Waals surface area contributed by atoms with E-state index in [4.69, 9.17) is 5.73 Å². The van der Waals surface area contributed by atoms with Crippen LogP contribution in [0.25, 0.3) is 16.6 Å². The fraction of sp³-hybridized carbons (Fsp3) is 0.261. The summed E-state index contributed by atoms with van der Waals surface area (Å²) >= 11 is 0. The van der Waals surface area contributed by atoms with Crippen LogP contribution in [0.5, 0.6) is 0 Å². The lowest BCUT2D eigenvalue weighted by Gasteiger charge is -2.13. The second-order valence-electron chi connectivity index (χ2n) is 7.47. The smallest absolute Gasteiger partial charge is 0.269 e. The molecule has 1 aliphatic heterocycles. The van der Waals surface area contributed by atoms with Crippen molar-refractivity contribution in [3.8, 4) is 17.5 Å². The molecule has 1 fully saturated rings. The summed E-state index contributed by atoms with van der Waals surface area (Å²) in [6.45, 7) is 2.51. The molecule has 3 N–H and O–H groups in total. The van der Waals surface area contributed by atoms with Crippen LogP contribution >= 0.6 is 0 Å². The highest BCUT2D eigenvalue weighted by molar-refractivity contribution is 6.04. The molecule has 0 saturated carbocycles. The van der Waals surface area contributed by atoms with Gasteiger partial charge < -0.3 is 15.7 Å². The van der Waals surface area contributed by atoms with Gasteiger partial charge in [0.1, 0.15) is 0 Å². The quantitative estimate of drug-likeness (QED) is 0.650. The van der Waals surface area contributed by atoms with Gasteiger partial charge in [0.2, 0.25) is 5.60 Å². The molecule has 0 radical (unpaired) electrons. The first kappa shape index (κ1) is 19.7. The van der Waals surface area contributed by atoms with Gasteiger partial charge in [-0.1, -0.05) is 30.9 Å². The highest BCUT2D eigenvalue weighted by atomic mass is 16.3. The van der Waals surface area contributed by atoms with E-state index in [2.05, 4.69) is 16.9 Å². The highest BCUT2D eigenvalue weighted by Gasteiger charge is 2.42. The number of aliphatic hydroxyl groups is 1. The number of benzene rings is 2. The molecule has 0 spiro atoms. The Kier molecular flexibility index (Phi) is 4.80. The number of aryl methyl sites for hydroxylation is 1. The topological polar surface area (TPSA) is 101 Å². The third-order valence-electron chi connectivity index (χ3n) is 5.40. The molecule has 152 valence electrons. The zero-order valence-electron chi connectivity index (χ0n) is 16.8. The second-order valence-corrected chi connectivity index (χ2v) is 7.47. The summed E-state index contributed by atoms with van der Waals surface area (Å²) in [7, 11) is 1.64. The molecule has 1 aliphatic rings. The predicted molar refractivity (Wildman–Crippen MR) is 113 cm³/mol. The molecule has 7 nitrogen and oxygen atoms in total. The maximum atomic E-state index is 12.1. The van der Waals surface area contributed by atoms with Crippen LogP contribution in [-0.2, 0) is 11.2 Å². The van der Waals surface area contributed by atoms with Gasteiger partial charge in [-0.2, -0.15) is 5.10 Å². The minimum atomic E-state index is -1.65. The first-order valence-corrected chi connectivity index (χ1v) is 9.75. The van der Waals surface area contributed by atoms with Crippen LogP contribution in [0.3, 0.4) is 0 Å². The summed E-state index contributed by atoms with van der Waals surface area (Å²) in [6, 6.07) is 13.1. The Morgan fingerprint density at radius 1 is 1.30 bits per heavy atom. The molecule has 1 saturated heterocycles. The predicted octanol–water partition coefficient (Wildman–Crippen LogP) is 1.63.